The van der Waals surface area contributed by atoms with E-state index in [1.54, 1.807) is 18.2 Å². The van der Waals surface area contributed by atoms with E-state index in [0.717, 1.165) is 25.9 Å². The van der Waals surface area contributed by atoms with Gasteiger partial charge < -0.3 is 10.0 Å². The highest BCUT2D eigenvalue weighted by Gasteiger charge is 2.22. The normalized spacial score (nSPS) is 18.6. The van der Waals surface area contributed by atoms with E-state index in [1.807, 2.05) is 11.0 Å². The molecule has 1 atom stereocenters. The topological polar surface area (TPSA) is 75.4 Å². The maximum Gasteiger partial charge on any atom is 0.323 e. The summed E-state index contributed by atoms with van der Waals surface area (Å²) in [6.07, 6.45) is 2.17. The Balaban J connectivity index is 2.17. The van der Waals surface area contributed by atoms with Crippen molar-refractivity contribution in [1.82, 2.24) is 9.55 Å². The largest absolute Gasteiger partial charge is 0.480 e. The van der Waals surface area contributed by atoms with E-state index < -0.39 is 5.97 Å². The Morgan fingerprint density at radius 3 is 2.91 bits per heavy atom. The Morgan fingerprint density at radius 2 is 2.18 bits per heavy atom. The molecule has 2 aromatic rings. The van der Waals surface area contributed by atoms with Crippen molar-refractivity contribution in [1.29, 1.82) is 0 Å². The summed E-state index contributed by atoms with van der Waals surface area (Å²) in [5.41, 5.74) is 0.323. The highest BCUT2D eigenvalue weighted by Crippen LogP contribution is 2.22. The zero-order valence-electron chi connectivity index (χ0n) is 12.5. The first-order valence-corrected chi connectivity index (χ1v) is 7.52. The molecule has 1 aromatic heterocycles. The highest BCUT2D eigenvalue weighted by atomic mass is 16.4. The van der Waals surface area contributed by atoms with Crippen molar-refractivity contribution in [3.63, 3.8) is 0 Å². The molecule has 1 N–H and O–H groups in total. The Bertz CT molecular complexity index is 769. The zero-order chi connectivity index (χ0) is 15.7. The monoisotopic (exact) mass is 301 g/mol. The molecule has 0 aliphatic carbocycles. The van der Waals surface area contributed by atoms with Crippen LogP contribution in [0.4, 0.5) is 5.95 Å². The molecule has 3 rings (SSSR count). The lowest BCUT2D eigenvalue weighted by atomic mass is 10.0. The van der Waals surface area contributed by atoms with Gasteiger partial charge in [-0.2, -0.15) is 0 Å². The number of nitrogens with zero attached hydrogens (tertiary/aromatic N) is 3. The van der Waals surface area contributed by atoms with Crippen LogP contribution in [0.15, 0.2) is 29.1 Å². The number of para-hydroxylation sites is 1. The van der Waals surface area contributed by atoms with E-state index in [-0.39, 0.29) is 12.1 Å². The summed E-state index contributed by atoms with van der Waals surface area (Å²) in [6.45, 7) is 3.39. The maximum atomic E-state index is 12.6. The molecule has 0 saturated carbocycles. The van der Waals surface area contributed by atoms with E-state index in [4.69, 9.17) is 5.11 Å². The van der Waals surface area contributed by atoms with Crippen LogP contribution in [-0.4, -0.2) is 33.7 Å². The Labute approximate surface area is 128 Å². The van der Waals surface area contributed by atoms with E-state index >= 15 is 0 Å². The molecule has 1 aromatic carbocycles. The van der Waals surface area contributed by atoms with Crippen LogP contribution in [0.3, 0.4) is 0 Å². The highest BCUT2D eigenvalue weighted by molar-refractivity contribution is 5.79. The molecule has 22 heavy (non-hydrogen) atoms. The van der Waals surface area contributed by atoms with Crippen molar-refractivity contribution in [3.8, 4) is 0 Å². The number of aliphatic carboxylic acids is 1. The molecule has 0 amide bonds. The smallest absolute Gasteiger partial charge is 0.323 e. The predicted octanol–water partition coefficient (Wildman–Crippen LogP) is 1.72. The Hall–Kier alpha value is -2.37. The molecule has 2 heterocycles. The minimum absolute atomic E-state index is 0.291. The SMILES string of the molecule is CC1CCCN(c2nc3ccccc3c(=O)n2CC(=O)O)C1. The van der Waals surface area contributed by atoms with Gasteiger partial charge in [0.1, 0.15) is 6.54 Å². The van der Waals surface area contributed by atoms with Crippen molar-refractivity contribution < 1.29 is 9.90 Å². The molecule has 1 unspecified atom stereocenters. The lowest BCUT2D eigenvalue weighted by molar-refractivity contribution is -0.137. The Morgan fingerprint density at radius 1 is 1.41 bits per heavy atom. The van der Waals surface area contributed by atoms with Crippen molar-refractivity contribution in [3.05, 3.63) is 34.6 Å². The van der Waals surface area contributed by atoms with E-state index in [9.17, 15) is 9.59 Å². The second-order valence-corrected chi connectivity index (χ2v) is 5.91. The number of carboxylic acid groups (broad SMARTS) is 1. The maximum absolute atomic E-state index is 12.6. The van der Waals surface area contributed by atoms with Crippen LogP contribution in [0.25, 0.3) is 10.9 Å². The lowest BCUT2D eigenvalue weighted by Gasteiger charge is -2.33. The van der Waals surface area contributed by atoms with Crippen LogP contribution in [-0.2, 0) is 11.3 Å². The number of carbonyl (C=O) groups is 1. The van der Waals surface area contributed by atoms with Crippen molar-refractivity contribution in [2.75, 3.05) is 18.0 Å². The van der Waals surface area contributed by atoms with Crippen molar-refractivity contribution >= 4 is 22.8 Å². The van der Waals surface area contributed by atoms with Gasteiger partial charge in [0.25, 0.3) is 5.56 Å². The van der Waals surface area contributed by atoms with E-state index in [0.29, 0.717) is 22.8 Å². The zero-order valence-corrected chi connectivity index (χ0v) is 12.5. The number of aromatic nitrogens is 2. The number of fused-ring (bicyclic) bond motifs is 1. The number of benzene rings is 1. The number of carboxylic acids is 1. The van der Waals surface area contributed by atoms with E-state index in [1.165, 1.54) is 4.57 Å². The summed E-state index contributed by atoms with van der Waals surface area (Å²) in [7, 11) is 0. The first-order chi connectivity index (χ1) is 10.6. The van der Waals surface area contributed by atoms with Gasteiger partial charge >= 0.3 is 5.97 Å². The lowest BCUT2D eigenvalue weighted by Crippen LogP contribution is -2.40. The van der Waals surface area contributed by atoms with Crippen LogP contribution in [0.1, 0.15) is 19.8 Å². The van der Waals surface area contributed by atoms with Gasteiger partial charge in [0.15, 0.2) is 0 Å². The molecule has 0 bridgehead atoms. The second-order valence-electron chi connectivity index (χ2n) is 5.91. The van der Waals surface area contributed by atoms with Gasteiger partial charge in [-0.1, -0.05) is 19.1 Å². The molecule has 1 saturated heterocycles. The first kappa shape index (κ1) is 14.6. The fourth-order valence-corrected chi connectivity index (χ4v) is 3.05. The van der Waals surface area contributed by atoms with Gasteiger partial charge in [-0.05, 0) is 30.9 Å². The fraction of sp³-hybridized carbons (Fsp3) is 0.438. The van der Waals surface area contributed by atoms with Crippen molar-refractivity contribution in [2.45, 2.75) is 26.3 Å². The van der Waals surface area contributed by atoms with Crippen LogP contribution < -0.4 is 10.5 Å². The van der Waals surface area contributed by atoms with Crippen LogP contribution in [0.2, 0.25) is 0 Å². The third-order valence-corrected chi connectivity index (χ3v) is 4.07. The molecule has 0 spiro atoms. The quantitative estimate of drug-likeness (QED) is 0.934. The first-order valence-electron chi connectivity index (χ1n) is 7.52. The van der Waals surface area contributed by atoms with Gasteiger partial charge in [-0.15, -0.1) is 0 Å². The standard InChI is InChI=1S/C16H19N3O3/c1-11-5-4-8-18(9-11)16-17-13-7-3-2-6-12(13)15(22)19(16)10-14(20)21/h2-3,6-7,11H,4-5,8-10H2,1H3,(H,20,21). The molecule has 6 heteroatoms. The average Bonchev–Trinajstić information content (AvgIpc) is 2.49. The molecule has 1 aliphatic heterocycles. The van der Waals surface area contributed by atoms with Crippen LogP contribution in [0.5, 0.6) is 0 Å². The summed E-state index contributed by atoms with van der Waals surface area (Å²) in [4.78, 5) is 30.4. The third kappa shape index (κ3) is 2.68. The molecule has 0 radical (unpaired) electrons. The number of hydrogen-bond acceptors (Lipinski definition) is 4. The summed E-state index contributed by atoms with van der Waals surface area (Å²) in [5, 5.41) is 9.59. The number of rotatable bonds is 3. The summed E-state index contributed by atoms with van der Waals surface area (Å²) in [5.74, 6) is -0.0569. The average molecular weight is 301 g/mol. The van der Waals surface area contributed by atoms with Gasteiger partial charge in [0, 0.05) is 13.1 Å². The molecule has 6 nitrogen and oxygen atoms in total. The molecule has 1 aliphatic rings. The molecule has 116 valence electrons. The number of hydrogen-bond donors (Lipinski definition) is 1. The fourth-order valence-electron chi connectivity index (χ4n) is 3.05. The summed E-state index contributed by atoms with van der Waals surface area (Å²) < 4.78 is 1.28. The molecular formula is C16H19N3O3. The third-order valence-electron chi connectivity index (χ3n) is 4.07. The van der Waals surface area contributed by atoms with Crippen LogP contribution >= 0.6 is 0 Å². The minimum atomic E-state index is -1.04. The number of piperidine rings is 1. The molecule has 1 fully saturated rings. The van der Waals surface area contributed by atoms with Crippen molar-refractivity contribution in [2.24, 2.45) is 5.92 Å². The summed E-state index contributed by atoms with van der Waals surface area (Å²) in [6, 6.07) is 7.07. The second kappa shape index (κ2) is 5.79. The molecular weight excluding hydrogens is 282 g/mol. The van der Waals surface area contributed by atoms with Gasteiger partial charge in [0.05, 0.1) is 10.9 Å². The van der Waals surface area contributed by atoms with Crippen LogP contribution in [0, 0.1) is 5.92 Å². The minimum Gasteiger partial charge on any atom is -0.480 e. The van der Waals surface area contributed by atoms with Gasteiger partial charge in [-0.3, -0.25) is 14.2 Å². The summed E-state index contributed by atoms with van der Waals surface area (Å²) >= 11 is 0. The van der Waals surface area contributed by atoms with Gasteiger partial charge in [0.2, 0.25) is 5.95 Å². The predicted molar refractivity (Wildman–Crippen MR) is 84.2 cm³/mol. The number of anilines is 1. The van der Waals surface area contributed by atoms with Gasteiger partial charge in [-0.25, -0.2) is 4.98 Å². The Kier molecular flexibility index (Phi) is 3.83. The van der Waals surface area contributed by atoms with E-state index in [2.05, 4.69) is 11.9 Å².